The van der Waals surface area contributed by atoms with Gasteiger partial charge in [-0.3, -0.25) is 4.98 Å². The van der Waals surface area contributed by atoms with E-state index in [0.29, 0.717) is 11.5 Å². The Hall–Kier alpha value is -2.12. The van der Waals surface area contributed by atoms with Crippen molar-refractivity contribution in [1.29, 1.82) is 5.26 Å². The number of hydrogen-bond donors (Lipinski definition) is 1. The van der Waals surface area contributed by atoms with Crippen LogP contribution in [-0.4, -0.2) is 29.8 Å². The highest BCUT2D eigenvalue weighted by Gasteiger charge is 2.23. The maximum Gasteiger partial charge on any atom is 0.103 e. The molecule has 4 nitrogen and oxygen atoms in total. The van der Waals surface area contributed by atoms with Gasteiger partial charge in [-0.25, -0.2) is 0 Å². The lowest BCUT2D eigenvalue weighted by Gasteiger charge is -2.35. The Balaban J connectivity index is 2.04. The Morgan fingerprint density at radius 3 is 3.05 bits per heavy atom. The van der Waals surface area contributed by atoms with E-state index in [0.717, 1.165) is 48.9 Å². The molecule has 1 atom stereocenters. The quantitative estimate of drug-likeness (QED) is 0.939. The minimum atomic E-state index is 0.237. The third-order valence-electron chi connectivity index (χ3n) is 4.24. The van der Waals surface area contributed by atoms with Crippen LogP contribution in [0.25, 0.3) is 10.9 Å². The van der Waals surface area contributed by atoms with Gasteiger partial charge in [0.2, 0.25) is 0 Å². The van der Waals surface area contributed by atoms with Crippen molar-refractivity contribution >= 4 is 16.6 Å². The molecule has 2 aromatic rings. The van der Waals surface area contributed by atoms with Crippen molar-refractivity contribution in [3.8, 4) is 6.07 Å². The van der Waals surface area contributed by atoms with Crippen molar-refractivity contribution in [2.75, 3.05) is 24.6 Å². The molecule has 1 saturated heterocycles. The lowest BCUT2D eigenvalue weighted by atomic mass is 9.94. The molecule has 0 bridgehead atoms. The standard InChI is InChI=1S/C17H19N3O/c18-10-14-11-19-16-6-2-1-5-15(16)17(14)20-8-3-4-13(12-20)7-9-21/h1-2,5-6,11,13,21H,3-4,7-9,12H2. The molecule has 0 amide bonds. The number of aromatic nitrogens is 1. The second kappa shape index (κ2) is 6.11. The molecule has 1 fully saturated rings. The van der Waals surface area contributed by atoms with E-state index in [1.54, 1.807) is 6.20 Å². The van der Waals surface area contributed by atoms with Gasteiger partial charge in [-0.05, 0) is 31.2 Å². The van der Waals surface area contributed by atoms with Gasteiger partial charge in [0.1, 0.15) is 6.07 Å². The first-order valence-electron chi connectivity index (χ1n) is 7.47. The van der Waals surface area contributed by atoms with Crippen molar-refractivity contribution in [1.82, 2.24) is 4.98 Å². The van der Waals surface area contributed by atoms with Crippen LogP contribution < -0.4 is 4.90 Å². The summed E-state index contributed by atoms with van der Waals surface area (Å²) in [6.07, 6.45) is 4.77. The molecule has 1 aromatic heterocycles. The van der Waals surface area contributed by atoms with E-state index >= 15 is 0 Å². The van der Waals surface area contributed by atoms with Gasteiger partial charge < -0.3 is 10.0 Å². The summed E-state index contributed by atoms with van der Waals surface area (Å²) in [5, 5.41) is 19.6. The normalized spacial score (nSPS) is 18.7. The molecule has 1 aliphatic rings. The second-order valence-electron chi connectivity index (χ2n) is 5.62. The summed E-state index contributed by atoms with van der Waals surface area (Å²) in [6, 6.07) is 10.3. The molecule has 3 rings (SSSR count). The van der Waals surface area contributed by atoms with Gasteiger partial charge in [-0.1, -0.05) is 18.2 Å². The SMILES string of the molecule is N#Cc1cnc2ccccc2c1N1CCCC(CCO)C1. The largest absolute Gasteiger partial charge is 0.396 e. The first-order chi connectivity index (χ1) is 10.3. The number of hydrogen-bond acceptors (Lipinski definition) is 4. The predicted molar refractivity (Wildman–Crippen MR) is 83.1 cm³/mol. The van der Waals surface area contributed by atoms with Crippen molar-refractivity contribution < 1.29 is 5.11 Å². The van der Waals surface area contributed by atoms with Gasteiger partial charge >= 0.3 is 0 Å². The number of anilines is 1. The van der Waals surface area contributed by atoms with Crippen LogP contribution in [0, 0.1) is 17.2 Å². The Morgan fingerprint density at radius 1 is 1.38 bits per heavy atom. The van der Waals surface area contributed by atoms with Crippen molar-refractivity contribution in [3.05, 3.63) is 36.0 Å². The van der Waals surface area contributed by atoms with Crippen LogP contribution in [0.4, 0.5) is 5.69 Å². The monoisotopic (exact) mass is 281 g/mol. The van der Waals surface area contributed by atoms with E-state index in [1.807, 2.05) is 24.3 Å². The molecule has 1 N–H and O–H groups in total. The molecule has 0 saturated carbocycles. The Kier molecular flexibility index (Phi) is 4.03. The summed E-state index contributed by atoms with van der Waals surface area (Å²) in [4.78, 5) is 6.67. The summed E-state index contributed by atoms with van der Waals surface area (Å²) in [6.45, 7) is 2.11. The average Bonchev–Trinajstić information content (AvgIpc) is 2.54. The van der Waals surface area contributed by atoms with E-state index in [-0.39, 0.29) is 6.61 Å². The molecule has 0 aliphatic carbocycles. The number of piperidine rings is 1. The van der Waals surface area contributed by atoms with Crippen LogP contribution in [0.5, 0.6) is 0 Å². The van der Waals surface area contributed by atoms with Crippen LogP contribution >= 0.6 is 0 Å². The zero-order valence-electron chi connectivity index (χ0n) is 12.0. The van der Waals surface area contributed by atoms with Gasteiger partial charge in [0.15, 0.2) is 0 Å². The summed E-state index contributed by atoms with van der Waals surface area (Å²) in [5.74, 6) is 0.502. The fourth-order valence-electron chi connectivity index (χ4n) is 3.24. The minimum absolute atomic E-state index is 0.237. The van der Waals surface area contributed by atoms with E-state index < -0.39 is 0 Å². The number of nitrogens with zero attached hydrogens (tertiary/aromatic N) is 3. The Bertz CT molecular complexity index is 675. The number of nitriles is 1. The lowest BCUT2D eigenvalue weighted by molar-refractivity contribution is 0.244. The van der Waals surface area contributed by atoms with Gasteiger partial charge in [-0.15, -0.1) is 0 Å². The van der Waals surface area contributed by atoms with Crippen LogP contribution in [0.3, 0.4) is 0 Å². The molecule has 1 unspecified atom stereocenters. The maximum atomic E-state index is 9.42. The minimum Gasteiger partial charge on any atom is -0.396 e. The molecule has 108 valence electrons. The number of aliphatic hydroxyl groups excluding tert-OH is 1. The topological polar surface area (TPSA) is 60.2 Å². The first kappa shape index (κ1) is 13.8. The van der Waals surface area contributed by atoms with Crippen LogP contribution in [0.15, 0.2) is 30.5 Å². The van der Waals surface area contributed by atoms with Crippen LogP contribution in [0.2, 0.25) is 0 Å². The zero-order valence-corrected chi connectivity index (χ0v) is 12.0. The van der Waals surface area contributed by atoms with E-state index in [9.17, 15) is 5.26 Å². The van der Waals surface area contributed by atoms with Gasteiger partial charge in [0.05, 0.1) is 16.8 Å². The number of benzene rings is 1. The molecule has 2 heterocycles. The van der Waals surface area contributed by atoms with E-state index in [1.165, 1.54) is 0 Å². The van der Waals surface area contributed by atoms with Gasteiger partial charge in [0, 0.05) is 31.3 Å². The summed E-state index contributed by atoms with van der Waals surface area (Å²) < 4.78 is 0. The Morgan fingerprint density at radius 2 is 2.24 bits per heavy atom. The molecule has 0 spiro atoms. The molecule has 21 heavy (non-hydrogen) atoms. The summed E-state index contributed by atoms with van der Waals surface area (Å²) in [5.41, 5.74) is 2.57. The smallest absolute Gasteiger partial charge is 0.103 e. The first-order valence-corrected chi connectivity index (χ1v) is 7.47. The van der Waals surface area contributed by atoms with Crippen LogP contribution in [0.1, 0.15) is 24.8 Å². The second-order valence-corrected chi connectivity index (χ2v) is 5.62. The number of fused-ring (bicyclic) bond motifs is 1. The van der Waals surface area contributed by atoms with E-state index in [4.69, 9.17) is 5.11 Å². The zero-order chi connectivity index (χ0) is 14.7. The fourth-order valence-corrected chi connectivity index (χ4v) is 3.24. The number of para-hydroxylation sites is 1. The molecule has 1 aliphatic heterocycles. The third kappa shape index (κ3) is 2.70. The molecular weight excluding hydrogens is 262 g/mol. The highest BCUT2D eigenvalue weighted by molar-refractivity contribution is 5.94. The molecule has 1 aromatic carbocycles. The third-order valence-corrected chi connectivity index (χ3v) is 4.24. The van der Waals surface area contributed by atoms with Gasteiger partial charge in [-0.2, -0.15) is 5.26 Å². The highest BCUT2D eigenvalue weighted by Crippen LogP contribution is 2.32. The maximum absolute atomic E-state index is 9.42. The molecular formula is C17H19N3O. The van der Waals surface area contributed by atoms with E-state index in [2.05, 4.69) is 16.0 Å². The van der Waals surface area contributed by atoms with Crippen molar-refractivity contribution in [2.45, 2.75) is 19.3 Å². The van der Waals surface area contributed by atoms with Crippen molar-refractivity contribution in [2.24, 2.45) is 5.92 Å². The van der Waals surface area contributed by atoms with Crippen molar-refractivity contribution in [3.63, 3.8) is 0 Å². The Labute approximate surface area is 124 Å². The van der Waals surface area contributed by atoms with Gasteiger partial charge in [0.25, 0.3) is 0 Å². The number of rotatable bonds is 3. The predicted octanol–water partition coefficient (Wildman–Crippen LogP) is 2.71. The highest BCUT2D eigenvalue weighted by atomic mass is 16.3. The lowest BCUT2D eigenvalue weighted by Crippen LogP contribution is -2.36. The average molecular weight is 281 g/mol. The molecule has 4 heteroatoms. The fraction of sp³-hybridized carbons (Fsp3) is 0.412. The van der Waals surface area contributed by atoms with Crippen LogP contribution in [-0.2, 0) is 0 Å². The summed E-state index contributed by atoms with van der Waals surface area (Å²) in [7, 11) is 0. The summed E-state index contributed by atoms with van der Waals surface area (Å²) >= 11 is 0. The molecule has 0 radical (unpaired) electrons. The number of pyridine rings is 1. The number of aliphatic hydroxyl groups is 1.